The molecule has 0 aromatic carbocycles. The molecule has 0 amide bonds. The van der Waals surface area contributed by atoms with Gasteiger partial charge in [0.1, 0.15) is 0 Å². The second-order valence-corrected chi connectivity index (χ2v) is 3.71. The maximum atomic E-state index is 5.22. The molecular formula is C6H15O3P. The predicted molar refractivity (Wildman–Crippen MR) is 41.7 cm³/mol. The van der Waals surface area contributed by atoms with E-state index < -0.39 is 8.60 Å². The van der Waals surface area contributed by atoms with Crippen LogP contribution in [0.4, 0.5) is 0 Å². The Balaban J connectivity index is 3.26. The quantitative estimate of drug-likeness (QED) is 0.586. The lowest BCUT2D eigenvalue weighted by atomic mass is 10.2. The highest BCUT2D eigenvalue weighted by Crippen LogP contribution is 2.37. The van der Waals surface area contributed by atoms with Gasteiger partial charge in [-0.25, -0.2) is 0 Å². The first-order chi connectivity index (χ1) is 4.70. The van der Waals surface area contributed by atoms with Crippen molar-refractivity contribution in [2.24, 2.45) is 5.92 Å². The zero-order valence-corrected chi connectivity index (χ0v) is 7.85. The van der Waals surface area contributed by atoms with Crippen molar-refractivity contribution in [1.29, 1.82) is 0 Å². The molecule has 0 spiro atoms. The third-order valence-electron chi connectivity index (χ3n) is 0.811. The summed E-state index contributed by atoms with van der Waals surface area (Å²) < 4.78 is 15.0. The first kappa shape index (κ1) is 10.3. The van der Waals surface area contributed by atoms with E-state index >= 15 is 0 Å². The summed E-state index contributed by atoms with van der Waals surface area (Å²) in [5.41, 5.74) is 0. The molecule has 0 rings (SSSR count). The van der Waals surface area contributed by atoms with Crippen molar-refractivity contribution in [3.63, 3.8) is 0 Å². The lowest BCUT2D eigenvalue weighted by Gasteiger charge is -2.12. The zero-order valence-electron chi connectivity index (χ0n) is 6.96. The molecule has 0 aliphatic rings. The largest absolute Gasteiger partial charge is 0.332 e. The van der Waals surface area contributed by atoms with Crippen LogP contribution in [0.3, 0.4) is 0 Å². The van der Waals surface area contributed by atoms with E-state index in [9.17, 15) is 0 Å². The highest BCUT2D eigenvalue weighted by Gasteiger charge is 2.07. The van der Waals surface area contributed by atoms with Gasteiger partial charge < -0.3 is 13.6 Å². The minimum atomic E-state index is -1.09. The summed E-state index contributed by atoms with van der Waals surface area (Å²) in [5.74, 6) is 0.523. The number of hydrogen-bond acceptors (Lipinski definition) is 3. The van der Waals surface area contributed by atoms with Gasteiger partial charge in [-0.2, -0.15) is 0 Å². The fraction of sp³-hybridized carbons (Fsp3) is 1.00. The van der Waals surface area contributed by atoms with Gasteiger partial charge in [-0.1, -0.05) is 13.8 Å². The topological polar surface area (TPSA) is 27.7 Å². The van der Waals surface area contributed by atoms with E-state index in [1.807, 2.05) is 0 Å². The van der Waals surface area contributed by atoms with Crippen LogP contribution in [0.25, 0.3) is 0 Å². The smallest absolute Gasteiger partial charge is 0.316 e. The van der Waals surface area contributed by atoms with Crippen LogP contribution in [0.1, 0.15) is 13.8 Å². The molecule has 4 heteroatoms. The molecule has 0 aliphatic carbocycles. The van der Waals surface area contributed by atoms with Crippen LogP contribution in [-0.4, -0.2) is 20.8 Å². The minimum Gasteiger partial charge on any atom is -0.316 e. The molecule has 0 atom stereocenters. The van der Waals surface area contributed by atoms with Crippen molar-refractivity contribution in [1.82, 2.24) is 0 Å². The van der Waals surface area contributed by atoms with Gasteiger partial charge in [0.2, 0.25) is 0 Å². The lowest BCUT2D eigenvalue weighted by Crippen LogP contribution is -1.99. The number of hydrogen-bond donors (Lipinski definition) is 0. The molecule has 62 valence electrons. The van der Waals surface area contributed by atoms with E-state index in [0.717, 1.165) is 0 Å². The van der Waals surface area contributed by atoms with Crippen molar-refractivity contribution in [3.8, 4) is 0 Å². The van der Waals surface area contributed by atoms with Crippen LogP contribution in [-0.2, 0) is 13.6 Å². The molecule has 10 heavy (non-hydrogen) atoms. The maximum Gasteiger partial charge on any atom is 0.332 e. The normalized spacial score (nSPS) is 11.4. The van der Waals surface area contributed by atoms with Crippen molar-refractivity contribution in [3.05, 3.63) is 0 Å². The highest BCUT2D eigenvalue weighted by molar-refractivity contribution is 7.41. The summed E-state index contributed by atoms with van der Waals surface area (Å²) >= 11 is 0. The Bertz CT molecular complexity index is 73.4. The van der Waals surface area contributed by atoms with Crippen LogP contribution in [0.2, 0.25) is 0 Å². The van der Waals surface area contributed by atoms with Gasteiger partial charge in [0, 0.05) is 14.2 Å². The standard InChI is InChI=1S/C6H15O3P/c1-6(2)5-9-10(7-3)8-4/h6H,5H2,1-4H3. The first-order valence-corrected chi connectivity index (χ1v) is 4.31. The van der Waals surface area contributed by atoms with Crippen molar-refractivity contribution in [2.45, 2.75) is 13.8 Å². The molecule has 0 saturated heterocycles. The molecule has 0 radical (unpaired) electrons. The Labute approximate surface area is 63.7 Å². The Morgan fingerprint density at radius 2 is 1.70 bits per heavy atom. The molecule has 0 aromatic rings. The van der Waals surface area contributed by atoms with E-state index in [1.54, 1.807) is 14.2 Å². The average molecular weight is 166 g/mol. The monoisotopic (exact) mass is 166 g/mol. The molecule has 0 heterocycles. The van der Waals surface area contributed by atoms with Crippen LogP contribution < -0.4 is 0 Å². The summed E-state index contributed by atoms with van der Waals surface area (Å²) in [7, 11) is 2.07. The lowest BCUT2D eigenvalue weighted by molar-refractivity contribution is 0.187. The van der Waals surface area contributed by atoms with Crippen LogP contribution in [0.5, 0.6) is 0 Å². The van der Waals surface area contributed by atoms with E-state index in [4.69, 9.17) is 13.6 Å². The fourth-order valence-corrected chi connectivity index (χ4v) is 1.17. The zero-order chi connectivity index (χ0) is 7.98. The molecule has 0 fully saturated rings. The van der Waals surface area contributed by atoms with Gasteiger partial charge >= 0.3 is 8.60 Å². The fourth-order valence-electron chi connectivity index (χ4n) is 0.390. The van der Waals surface area contributed by atoms with Crippen LogP contribution in [0.15, 0.2) is 0 Å². The van der Waals surface area contributed by atoms with Gasteiger partial charge in [-0.3, -0.25) is 0 Å². The average Bonchev–Trinajstić information content (AvgIpc) is 1.90. The molecule has 0 bridgehead atoms. The minimum absolute atomic E-state index is 0.523. The molecule has 0 unspecified atom stereocenters. The molecule has 0 aliphatic heterocycles. The second-order valence-electron chi connectivity index (χ2n) is 2.28. The van der Waals surface area contributed by atoms with Crippen molar-refractivity contribution >= 4 is 8.60 Å². The van der Waals surface area contributed by atoms with E-state index in [0.29, 0.717) is 12.5 Å². The summed E-state index contributed by atoms with van der Waals surface area (Å²) in [5, 5.41) is 0. The summed E-state index contributed by atoms with van der Waals surface area (Å²) in [6, 6.07) is 0. The molecular weight excluding hydrogens is 151 g/mol. The third-order valence-corrected chi connectivity index (χ3v) is 1.77. The SMILES string of the molecule is COP(OC)OCC(C)C. The summed E-state index contributed by atoms with van der Waals surface area (Å²) in [4.78, 5) is 0. The Kier molecular flexibility index (Phi) is 6.24. The van der Waals surface area contributed by atoms with E-state index in [1.165, 1.54) is 0 Å². The Morgan fingerprint density at radius 3 is 2.00 bits per heavy atom. The van der Waals surface area contributed by atoms with Gasteiger partial charge in [0.05, 0.1) is 6.61 Å². The van der Waals surface area contributed by atoms with Gasteiger partial charge in [0.15, 0.2) is 0 Å². The summed E-state index contributed by atoms with van der Waals surface area (Å²) in [6.07, 6.45) is 0. The van der Waals surface area contributed by atoms with Gasteiger partial charge in [-0.05, 0) is 5.92 Å². The van der Waals surface area contributed by atoms with Crippen LogP contribution >= 0.6 is 8.60 Å². The predicted octanol–water partition coefficient (Wildman–Crippen LogP) is 2.18. The highest BCUT2D eigenvalue weighted by atomic mass is 31.2. The van der Waals surface area contributed by atoms with Gasteiger partial charge in [0.25, 0.3) is 0 Å². The molecule has 0 N–H and O–H groups in total. The van der Waals surface area contributed by atoms with E-state index in [-0.39, 0.29) is 0 Å². The van der Waals surface area contributed by atoms with Crippen molar-refractivity contribution in [2.75, 3.05) is 20.8 Å². The third kappa shape index (κ3) is 5.12. The molecule has 0 aromatic heterocycles. The van der Waals surface area contributed by atoms with Crippen LogP contribution in [0, 0.1) is 5.92 Å². The maximum absolute atomic E-state index is 5.22. The van der Waals surface area contributed by atoms with Crippen molar-refractivity contribution < 1.29 is 13.6 Å². The Morgan fingerprint density at radius 1 is 1.20 bits per heavy atom. The first-order valence-electron chi connectivity index (χ1n) is 3.22. The second kappa shape index (κ2) is 6.05. The molecule has 3 nitrogen and oxygen atoms in total. The van der Waals surface area contributed by atoms with Gasteiger partial charge in [-0.15, -0.1) is 0 Å². The number of rotatable bonds is 5. The Hall–Kier alpha value is 0.310. The summed E-state index contributed by atoms with van der Waals surface area (Å²) in [6.45, 7) is 4.85. The molecule has 0 saturated carbocycles. The van der Waals surface area contributed by atoms with E-state index in [2.05, 4.69) is 13.8 Å².